The number of hydrogen-bond donors (Lipinski definition) is 0. The Bertz CT molecular complexity index is 939. The van der Waals surface area contributed by atoms with Crippen LogP contribution in [0.2, 0.25) is 0 Å². The van der Waals surface area contributed by atoms with Crippen molar-refractivity contribution in [1.29, 1.82) is 0 Å². The van der Waals surface area contributed by atoms with Gasteiger partial charge in [-0.05, 0) is 34.9 Å². The fourth-order valence-electron chi connectivity index (χ4n) is 2.87. The van der Waals surface area contributed by atoms with Crippen molar-refractivity contribution in [2.45, 2.75) is 6.42 Å². The Kier molecular flexibility index (Phi) is 5.27. The average Bonchev–Trinajstić information content (AvgIpc) is 2.68. The van der Waals surface area contributed by atoms with E-state index in [2.05, 4.69) is 4.98 Å². The number of aromatic nitrogens is 1. The summed E-state index contributed by atoms with van der Waals surface area (Å²) in [5.74, 6) is 0.363. The highest BCUT2D eigenvalue weighted by molar-refractivity contribution is 5.97. The lowest BCUT2D eigenvalue weighted by atomic mass is 9.98. The van der Waals surface area contributed by atoms with Crippen LogP contribution in [0, 0.1) is 0 Å². The summed E-state index contributed by atoms with van der Waals surface area (Å²) in [6.45, 7) is 0.118. The monoisotopic (exact) mass is 348 g/mol. The predicted molar refractivity (Wildman–Crippen MR) is 102 cm³/mol. The minimum absolute atomic E-state index is 0.118. The first kappa shape index (κ1) is 17.6. The predicted octanol–water partition coefficient (Wildman–Crippen LogP) is 3.25. The Morgan fingerprint density at radius 2 is 1.92 bits per heavy atom. The lowest BCUT2D eigenvalue weighted by Crippen LogP contribution is -2.27. The highest BCUT2D eigenvalue weighted by atomic mass is 16.5. The molecule has 0 radical (unpaired) electrons. The number of esters is 1. The molecular formula is C21H20N2O3. The van der Waals surface area contributed by atoms with Crippen molar-refractivity contribution in [3.05, 3.63) is 60.2 Å². The van der Waals surface area contributed by atoms with E-state index >= 15 is 0 Å². The molecule has 0 atom stereocenters. The number of rotatable bonds is 6. The van der Waals surface area contributed by atoms with Crippen molar-refractivity contribution in [3.63, 3.8) is 0 Å². The first-order valence-electron chi connectivity index (χ1n) is 8.33. The third-order valence-corrected chi connectivity index (χ3v) is 4.25. The molecule has 0 saturated carbocycles. The van der Waals surface area contributed by atoms with Gasteiger partial charge in [-0.25, -0.2) is 4.98 Å². The van der Waals surface area contributed by atoms with E-state index in [1.54, 1.807) is 11.9 Å². The van der Waals surface area contributed by atoms with Crippen molar-refractivity contribution in [3.8, 4) is 11.1 Å². The zero-order valence-corrected chi connectivity index (χ0v) is 14.8. The van der Waals surface area contributed by atoms with E-state index in [1.165, 1.54) is 7.11 Å². The number of fused-ring (bicyclic) bond motifs is 1. The second-order valence-electron chi connectivity index (χ2n) is 6.05. The van der Waals surface area contributed by atoms with Gasteiger partial charge in [0.2, 0.25) is 0 Å². The number of pyridine rings is 1. The van der Waals surface area contributed by atoms with Crippen LogP contribution in [0.3, 0.4) is 0 Å². The smallest absolute Gasteiger partial charge is 0.325 e. The van der Waals surface area contributed by atoms with Gasteiger partial charge < -0.3 is 14.4 Å². The number of carbonyl (C=O) groups is 2. The maximum Gasteiger partial charge on any atom is 0.325 e. The number of ether oxygens (including phenoxy) is 1. The largest absolute Gasteiger partial charge is 0.468 e. The lowest BCUT2D eigenvalue weighted by Gasteiger charge is -2.19. The van der Waals surface area contributed by atoms with Crippen LogP contribution >= 0.6 is 0 Å². The second-order valence-corrected chi connectivity index (χ2v) is 6.05. The van der Waals surface area contributed by atoms with Gasteiger partial charge in [0, 0.05) is 18.9 Å². The summed E-state index contributed by atoms with van der Waals surface area (Å²) in [5, 5.41) is 0.978. The Balaban J connectivity index is 2.16. The molecule has 0 amide bonds. The molecule has 2 aromatic carbocycles. The third-order valence-electron chi connectivity index (χ3n) is 4.25. The van der Waals surface area contributed by atoms with Gasteiger partial charge in [-0.1, -0.05) is 36.4 Å². The topological polar surface area (TPSA) is 59.5 Å². The number of nitrogens with zero attached hydrogens (tertiary/aromatic N) is 2. The van der Waals surface area contributed by atoms with Gasteiger partial charge in [0.25, 0.3) is 0 Å². The van der Waals surface area contributed by atoms with Crippen LogP contribution < -0.4 is 4.90 Å². The van der Waals surface area contributed by atoms with E-state index in [0.717, 1.165) is 33.9 Å². The van der Waals surface area contributed by atoms with E-state index in [0.29, 0.717) is 12.2 Å². The van der Waals surface area contributed by atoms with E-state index in [-0.39, 0.29) is 12.5 Å². The summed E-state index contributed by atoms with van der Waals surface area (Å²) in [4.78, 5) is 28.9. The number of aldehydes is 1. The summed E-state index contributed by atoms with van der Waals surface area (Å²) in [6.07, 6.45) is 1.27. The van der Waals surface area contributed by atoms with Crippen LogP contribution in [-0.2, 0) is 20.7 Å². The molecule has 0 fully saturated rings. The van der Waals surface area contributed by atoms with Crippen molar-refractivity contribution in [2.24, 2.45) is 0 Å². The summed E-state index contributed by atoms with van der Waals surface area (Å²) in [7, 11) is 3.18. The van der Waals surface area contributed by atoms with Gasteiger partial charge in [-0.2, -0.15) is 0 Å². The van der Waals surface area contributed by atoms with Crippen molar-refractivity contribution in [2.75, 3.05) is 25.6 Å². The molecule has 0 bridgehead atoms. The fraction of sp³-hybridized carbons (Fsp3) is 0.190. The molecule has 5 nitrogen and oxygen atoms in total. The highest BCUT2D eigenvalue weighted by Gasteiger charge is 2.14. The van der Waals surface area contributed by atoms with Gasteiger partial charge in [-0.3, -0.25) is 4.79 Å². The first-order chi connectivity index (χ1) is 12.6. The van der Waals surface area contributed by atoms with Crippen molar-refractivity contribution in [1.82, 2.24) is 4.98 Å². The summed E-state index contributed by atoms with van der Waals surface area (Å²) in [6, 6.07) is 17.8. The molecule has 1 heterocycles. The Morgan fingerprint density at radius 3 is 2.62 bits per heavy atom. The molecule has 0 unspecified atom stereocenters. The SMILES string of the molecule is COC(=O)CN(C)c1cc(-c2ccccc2)c2cc(CC=O)ccc2n1. The van der Waals surface area contributed by atoms with Crippen molar-refractivity contribution >= 4 is 29.0 Å². The molecule has 1 aromatic heterocycles. The minimum Gasteiger partial charge on any atom is -0.468 e. The number of likely N-dealkylation sites (N-methyl/N-ethyl adjacent to an activating group) is 1. The van der Waals surface area contributed by atoms with Gasteiger partial charge in [0.15, 0.2) is 0 Å². The number of methoxy groups -OCH3 is 1. The molecule has 0 spiro atoms. The number of anilines is 1. The normalized spacial score (nSPS) is 10.5. The molecule has 3 aromatic rings. The van der Waals surface area contributed by atoms with E-state index in [4.69, 9.17) is 4.74 Å². The Labute approximate surface area is 152 Å². The fourth-order valence-corrected chi connectivity index (χ4v) is 2.87. The standard InChI is InChI=1S/C21H20N2O3/c1-23(14-21(25)26-2)20-13-17(16-6-4-3-5-7-16)18-12-15(10-11-24)8-9-19(18)22-20/h3-9,11-13H,10,14H2,1-2H3. The van der Waals surface area contributed by atoms with Crippen molar-refractivity contribution < 1.29 is 14.3 Å². The van der Waals surface area contributed by atoms with Gasteiger partial charge in [0.1, 0.15) is 18.6 Å². The van der Waals surface area contributed by atoms with E-state index in [9.17, 15) is 9.59 Å². The Hall–Kier alpha value is -3.21. The summed E-state index contributed by atoms with van der Waals surface area (Å²) >= 11 is 0. The van der Waals surface area contributed by atoms with Crippen LogP contribution in [0.25, 0.3) is 22.0 Å². The first-order valence-corrected chi connectivity index (χ1v) is 8.33. The molecule has 0 N–H and O–H groups in total. The maximum atomic E-state index is 11.6. The second kappa shape index (κ2) is 7.78. The molecule has 0 aliphatic carbocycles. The molecular weight excluding hydrogens is 328 g/mol. The summed E-state index contributed by atoms with van der Waals surface area (Å²) < 4.78 is 4.75. The number of carbonyl (C=O) groups excluding carboxylic acids is 2. The Morgan fingerprint density at radius 1 is 1.15 bits per heavy atom. The van der Waals surface area contributed by atoms with Gasteiger partial charge in [-0.15, -0.1) is 0 Å². The van der Waals surface area contributed by atoms with Gasteiger partial charge >= 0.3 is 5.97 Å². The third kappa shape index (κ3) is 3.72. The van der Waals surface area contributed by atoms with Crippen LogP contribution in [0.1, 0.15) is 5.56 Å². The zero-order valence-electron chi connectivity index (χ0n) is 14.8. The van der Waals surface area contributed by atoms with Crippen LogP contribution in [-0.4, -0.2) is 37.9 Å². The summed E-state index contributed by atoms with van der Waals surface area (Å²) in [5.41, 5.74) is 3.82. The molecule has 0 aliphatic rings. The minimum atomic E-state index is -0.322. The molecule has 0 aliphatic heterocycles. The highest BCUT2D eigenvalue weighted by Crippen LogP contribution is 2.31. The molecule has 5 heteroatoms. The molecule has 3 rings (SSSR count). The van der Waals surface area contributed by atoms with Crippen LogP contribution in [0.5, 0.6) is 0 Å². The lowest BCUT2D eigenvalue weighted by molar-refractivity contribution is -0.138. The number of benzene rings is 2. The van der Waals surface area contributed by atoms with E-state index in [1.807, 2.05) is 54.6 Å². The quantitative estimate of drug-likeness (QED) is 0.505. The zero-order chi connectivity index (χ0) is 18.5. The average molecular weight is 348 g/mol. The molecule has 0 saturated heterocycles. The molecule has 26 heavy (non-hydrogen) atoms. The van der Waals surface area contributed by atoms with Gasteiger partial charge in [0.05, 0.1) is 12.6 Å². The number of hydrogen-bond acceptors (Lipinski definition) is 5. The van der Waals surface area contributed by atoms with Crippen LogP contribution in [0.4, 0.5) is 5.82 Å². The van der Waals surface area contributed by atoms with E-state index < -0.39 is 0 Å². The maximum absolute atomic E-state index is 11.6. The molecule has 132 valence electrons. The van der Waals surface area contributed by atoms with Crippen LogP contribution in [0.15, 0.2) is 54.6 Å².